The van der Waals surface area contributed by atoms with E-state index in [0.717, 1.165) is 25.7 Å². The van der Waals surface area contributed by atoms with Gasteiger partial charge in [-0.05, 0) is 40.9 Å². The van der Waals surface area contributed by atoms with Gasteiger partial charge in [0.1, 0.15) is 0 Å². The smallest absolute Gasteiger partial charge is 0.337 e. The zero-order valence-corrected chi connectivity index (χ0v) is 13.5. The number of nitrogens with one attached hydrogen (secondary N) is 1. The fourth-order valence-electron chi connectivity index (χ4n) is 2.66. The number of urea groups is 1. The van der Waals surface area contributed by atoms with Gasteiger partial charge >= 0.3 is 12.0 Å². The van der Waals surface area contributed by atoms with Gasteiger partial charge in [0.05, 0.1) is 11.3 Å². The maximum Gasteiger partial charge on any atom is 0.337 e. The maximum absolute atomic E-state index is 12.3. The van der Waals surface area contributed by atoms with E-state index in [1.807, 2.05) is 0 Å². The van der Waals surface area contributed by atoms with Gasteiger partial charge in [0.2, 0.25) is 0 Å². The molecule has 6 heteroatoms. The molecule has 2 N–H and O–H groups in total. The number of carboxylic acids is 1. The highest BCUT2D eigenvalue weighted by Gasteiger charge is 2.23. The van der Waals surface area contributed by atoms with Gasteiger partial charge in [0, 0.05) is 17.6 Å². The van der Waals surface area contributed by atoms with Crippen LogP contribution in [-0.2, 0) is 0 Å². The minimum Gasteiger partial charge on any atom is -0.478 e. The number of amides is 2. The minimum atomic E-state index is -1.06. The number of nitrogens with zero attached hydrogens (tertiary/aromatic N) is 1. The summed E-state index contributed by atoms with van der Waals surface area (Å²) in [5, 5.41) is 11.9. The van der Waals surface area contributed by atoms with E-state index in [4.69, 9.17) is 0 Å². The molecule has 2 amide bonds. The number of anilines is 1. The molecule has 1 saturated carbocycles. The van der Waals surface area contributed by atoms with Crippen LogP contribution in [0.5, 0.6) is 0 Å². The summed E-state index contributed by atoms with van der Waals surface area (Å²) in [5.41, 5.74) is 0.382. The molecule has 0 bridgehead atoms. The molecule has 0 atom stereocenters. The molecular weight excluding hydrogens is 336 g/mol. The van der Waals surface area contributed by atoms with Gasteiger partial charge in [-0.3, -0.25) is 0 Å². The van der Waals surface area contributed by atoms with Gasteiger partial charge in [-0.25, -0.2) is 9.59 Å². The molecule has 0 spiro atoms. The van der Waals surface area contributed by atoms with E-state index in [1.54, 1.807) is 24.1 Å². The molecule has 1 aliphatic rings. The lowest BCUT2D eigenvalue weighted by atomic mass is 9.95. The summed E-state index contributed by atoms with van der Waals surface area (Å²) in [6.45, 7) is 0. The molecule has 0 saturated heterocycles. The van der Waals surface area contributed by atoms with Crippen LogP contribution in [0.4, 0.5) is 10.5 Å². The number of carboxylic acid groups (broad SMARTS) is 1. The van der Waals surface area contributed by atoms with Crippen molar-refractivity contribution in [3.63, 3.8) is 0 Å². The average molecular weight is 355 g/mol. The third kappa shape index (κ3) is 3.75. The quantitative estimate of drug-likeness (QED) is 0.863. The molecule has 1 aromatic rings. The molecule has 0 aliphatic heterocycles. The van der Waals surface area contributed by atoms with Crippen LogP contribution in [0, 0.1) is 0 Å². The van der Waals surface area contributed by atoms with Gasteiger partial charge in [0.25, 0.3) is 0 Å². The second-order valence-electron chi connectivity index (χ2n) is 5.30. The van der Waals surface area contributed by atoms with Crippen molar-refractivity contribution in [2.24, 2.45) is 0 Å². The lowest BCUT2D eigenvalue weighted by Gasteiger charge is -2.31. The number of halogens is 1. The second-order valence-corrected chi connectivity index (χ2v) is 6.15. The van der Waals surface area contributed by atoms with Crippen molar-refractivity contribution in [1.82, 2.24) is 4.90 Å². The fourth-order valence-corrected chi connectivity index (χ4v) is 3.12. The predicted molar refractivity (Wildman–Crippen MR) is 84.8 cm³/mol. The summed E-state index contributed by atoms with van der Waals surface area (Å²) in [6, 6.07) is 4.78. The number of benzene rings is 1. The second kappa shape index (κ2) is 6.93. The van der Waals surface area contributed by atoms with Gasteiger partial charge in [0.15, 0.2) is 0 Å². The van der Waals surface area contributed by atoms with Gasteiger partial charge in [-0.15, -0.1) is 0 Å². The third-order valence-electron chi connectivity index (χ3n) is 3.92. The van der Waals surface area contributed by atoms with Crippen LogP contribution in [0.1, 0.15) is 42.5 Å². The number of aromatic carboxylic acids is 1. The van der Waals surface area contributed by atoms with E-state index < -0.39 is 5.97 Å². The normalized spacial score (nSPS) is 15.5. The number of carbonyl (C=O) groups is 2. The fraction of sp³-hybridized carbons (Fsp3) is 0.467. The lowest BCUT2D eigenvalue weighted by molar-refractivity contribution is 0.0698. The van der Waals surface area contributed by atoms with Crippen molar-refractivity contribution in [3.8, 4) is 0 Å². The molecule has 2 rings (SSSR count). The maximum atomic E-state index is 12.3. The number of hydrogen-bond acceptors (Lipinski definition) is 2. The first kappa shape index (κ1) is 15.8. The Morgan fingerprint density at radius 3 is 2.57 bits per heavy atom. The summed E-state index contributed by atoms with van der Waals surface area (Å²) in [6.07, 6.45) is 5.51. The molecule has 1 fully saturated rings. The molecule has 0 heterocycles. The zero-order chi connectivity index (χ0) is 15.4. The van der Waals surface area contributed by atoms with Crippen molar-refractivity contribution < 1.29 is 14.7 Å². The summed E-state index contributed by atoms with van der Waals surface area (Å²) < 4.78 is 0.563. The number of rotatable bonds is 3. The minimum absolute atomic E-state index is 0.0785. The van der Waals surface area contributed by atoms with Crippen LogP contribution in [0.25, 0.3) is 0 Å². The highest BCUT2D eigenvalue weighted by Crippen LogP contribution is 2.28. The largest absolute Gasteiger partial charge is 0.478 e. The zero-order valence-electron chi connectivity index (χ0n) is 11.9. The van der Waals surface area contributed by atoms with E-state index in [0.29, 0.717) is 10.2 Å². The predicted octanol–water partition coefficient (Wildman–Crippen LogP) is 3.94. The van der Waals surface area contributed by atoms with Crippen molar-refractivity contribution in [2.75, 3.05) is 12.4 Å². The average Bonchev–Trinajstić information content (AvgIpc) is 2.49. The standard InChI is InChI=1S/C15H19BrN2O3/c1-18(10-6-3-2-4-7-10)15(21)17-13-11(14(19)20)8-5-9-12(13)16/h5,8-10H,2-4,6-7H2,1H3,(H,17,21)(H,19,20). The SMILES string of the molecule is CN(C(=O)Nc1c(Br)cccc1C(=O)O)C1CCCCC1. The molecule has 0 radical (unpaired) electrons. The monoisotopic (exact) mass is 354 g/mol. The summed E-state index contributed by atoms with van der Waals surface area (Å²) >= 11 is 3.29. The third-order valence-corrected chi connectivity index (χ3v) is 4.58. The molecular formula is C15H19BrN2O3. The Morgan fingerprint density at radius 2 is 1.95 bits per heavy atom. The molecule has 114 valence electrons. The molecule has 5 nitrogen and oxygen atoms in total. The van der Waals surface area contributed by atoms with Crippen LogP contribution in [-0.4, -0.2) is 35.1 Å². The Balaban J connectivity index is 2.13. The van der Waals surface area contributed by atoms with Crippen molar-refractivity contribution >= 4 is 33.6 Å². The summed E-state index contributed by atoms with van der Waals surface area (Å²) in [4.78, 5) is 25.3. The summed E-state index contributed by atoms with van der Waals surface area (Å²) in [7, 11) is 1.77. The molecule has 21 heavy (non-hydrogen) atoms. The van der Waals surface area contributed by atoms with Crippen molar-refractivity contribution in [2.45, 2.75) is 38.1 Å². The van der Waals surface area contributed by atoms with Crippen molar-refractivity contribution in [1.29, 1.82) is 0 Å². The Bertz CT molecular complexity index is 542. The Hall–Kier alpha value is -1.56. The van der Waals surface area contributed by atoms with Gasteiger partial charge < -0.3 is 15.3 Å². The van der Waals surface area contributed by atoms with Crippen LogP contribution in [0.15, 0.2) is 22.7 Å². The summed E-state index contributed by atoms with van der Waals surface area (Å²) in [5.74, 6) is -1.06. The van der Waals surface area contributed by atoms with E-state index >= 15 is 0 Å². The topological polar surface area (TPSA) is 69.6 Å². The first-order valence-electron chi connectivity index (χ1n) is 7.06. The first-order chi connectivity index (χ1) is 10.0. The molecule has 1 aliphatic carbocycles. The number of hydrogen-bond donors (Lipinski definition) is 2. The molecule has 0 aromatic heterocycles. The first-order valence-corrected chi connectivity index (χ1v) is 7.85. The van der Waals surface area contributed by atoms with Crippen molar-refractivity contribution in [3.05, 3.63) is 28.2 Å². The van der Waals surface area contributed by atoms with E-state index in [-0.39, 0.29) is 17.6 Å². The van der Waals surface area contributed by atoms with E-state index in [2.05, 4.69) is 21.2 Å². The van der Waals surface area contributed by atoms with E-state index in [9.17, 15) is 14.7 Å². The number of carbonyl (C=O) groups excluding carboxylic acids is 1. The van der Waals surface area contributed by atoms with Gasteiger partial charge in [-0.1, -0.05) is 25.3 Å². The molecule has 0 unspecified atom stereocenters. The Morgan fingerprint density at radius 1 is 1.29 bits per heavy atom. The van der Waals surface area contributed by atoms with E-state index in [1.165, 1.54) is 12.5 Å². The number of para-hydroxylation sites is 1. The molecule has 1 aromatic carbocycles. The Labute approximate surface area is 132 Å². The highest BCUT2D eigenvalue weighted by molar-refractivity contribution is 9.10. The van der Waals surface area contributed by atoms with Crippen LogP contribution >= 0.6 is 15.9 Å². The van der Waals surface area contributed by atoms with Crippen LogP contribution in [0.3, 0.4) is 0 Å². The highest BCUT2D eigenvalue weighted by atomic mass is 79.9. The van der Waals surface area contributed by atoms with Crippen LogP contribution in [0.2, 0.25) is 0 Å². The lowest BCUT2D eigenvalue weighted by Crippen LogP contribution is -2.41. The van der Waals surface area contributed by atoms with Gasteiger partial charge in [-0.2, -0.15) is 0 Å². The van der Waals surface area contributed by atoms with Crippen LogP contribution < -0.4 is 5.32 Å². The Kier molecular flexibility index (Phi) is 5.22.